The van der Waals surface area contributed by atoms with Crippen LogP contribution in [0.3, 0.4) is 0 Å². The summed E-state index contributed by atoms with van der Waals surface area (Å²) in [6.45, 7) is 0. The Morgan fingerprint density at radius 3 is 2.24 bits per heavy atom. The van der Waals surface area contributed by atoms with Gasteiger partial charge >= 0.3 is 11.9 Å². The van der Waals surface area contributed by atoms with Crippen LogP contribution in [0.15, 0.2) is 58.1 Å². The molecular formula is C20H11Cl2F3N4O4. The molecule has 170 valence electrons. The molecule has 13 heteroatoms. The highest BCUT2D eigenvalue weighted by atomic mass is 35.5. The molecule has 2 aromatic carbocycles. The van der Waals surface area contributed by atoms with Crippen molar-refractivity contribution in [2.45, 2.75) is 11.7 Å². The normalized spacial score (nSPS) is 17.4. The van der Waals surface area contributed by atoms with Crippen molar-refractivity contribution in [3.63, 3.8) is 0 Å². The predicted molar refractivity (Wildman–Crippen MR) is 113 cm³/mol. The third-order valence-corrected chi connectivity index (χ3v) is 5.57. The van der Waals surface area contributed by atoms with Gasteiger partial charge in [-0.2, -0.15) is 13.2 Å². The molecule has 0 bridgehead atoms. The summed E-state index contributed by atoms with van der Waals surface area (Å²) in [5, 5.41) is 3.66. The first-order chi connectivity index (χ1) is 15.5. The fourth-order valence-corrected chi connectivity index (χ4v) is 3.85. The van der Waals surface area contributed by atoms with Crippen LogP contribution in [0.2, 0.25) is 10.0 Å². The van der Waals surface area contributed by atoms with Gasteiger partial charge in [-0.3, -0.25) is 19.4 Å². The molecule has 4 rings (SSSR count). The number of fused-ring (bicyclic) bond motifs is 1. The molecule has 0 aliphatic carbocycles. The summed E-state index contributed by atoms with van der Waals surface area (Å²) in [5.74, 6) is -3.87. The highest BCUT2D eigenvalue weighted by Gasteiger charge is 2.68. The molecular weight excluding hydrogens is 488 g/mol. The number of carbonyl (C=O) groups is 2. The summed E-state index contributed by atoms with van der Waals surface area (Å²) in [5.41, 5.74) is -7.96. The molecule has 3 aromatic rings. The number of H-pyrrole nitrogens is 1. The van der Waals surface area contributed by atoms with Gasteiger partial charge in [-0.25, -0.2) is 9.36 Å². The number of hydrogen-bond donors (Lipinski definition) is 3. The monoisotopic (exact) mass is 498 g/mol. The smallest absolute Gasteiger partial charge is 0.326 e. The maximum absolute atomic E-state index is 14.4. The number of halogens is 5. The average molecular weight is 499 g/mol. The molecule has 1 unspecified atom stereocenters. The van der Waals surface area contributed by atoms with Gasteiger partial charge < -0.3 is 10.6 Å². The van der Waals surface area contributed by atoms with Crippen LogP contribution >= 0.6 is 23.2 Å². The minimum atomic E-state index is -5.48. The Morgan fingerprint density at radius 2 is 1.64 bits per heavy atom. The van der Waals surface area contributed by atoms with Crippen molar-refractivity contribution in [1.82, 2.24) is 14.9 Å². The summed E-state index contributed by atoms with van der Waals surface area (Å²) in [6.07, 6.45) is -5.48. The number of aromatic nitrogens is 2. The molecule has 0 fully saturated rings. The van der Waals surface area contributed by atoms with E-state index in [4.69, 9.17) is 23.2 Å². The van der Waals surface area contributed by atoms with Crippen molar-refractivity contribution in [2.75, 3.05) is 5.32 Å². The Balaban J connectivity index is 1.98. The number of benzene rings is 2. The number of alkyl halides is 3. The van der Waals surface area contributed by atoms with Crippen LogP contribution in [-0.2, 0) is 10.3 Å². The zero-order chi connectivity index (χ0) is 24.1. The fraction of sp³-hybridized carbons (Fsp3) is 0.100. The van der Waals surface area contributed by atoms with Gasteiger partial charge in [0, 0.05) is 5.02 Å². The third kappa shape index (κ3) is 3.49. The van der Waals surface area contributed by atoms with Gasteiger partial charge in [-0.1, -0.05) is 35.3 Å². The molecule has 2 heterocycles. The van der Waals surface area contributed by atoms with Gasteiger partial charge in [-0.15, -0.1) is 0 Å². The lowest BCUT2D eigenvalue weighted by Gasteiger charge is -2.30. The molecule has 1 aliphatic heterocycles. The number of nitrogens with zero attached hydrogens (tertiary/aromatic N) is 1. The number of amides is 2. The highest BCUT2D eigenvalue weighted by Crippen LogP contribution is 2.45. The zero-order valence-electron chi connectivity index (χ0n) is 16.1. The first-order valence-electron chi connectivity index (χ1n) is 9.08. The van der Waals surface area contributed by atoms with Crippen LogP contribution in [0, 0.1) is 0 Å². The molecule has 1 atom stereocenters. The van der Waals surface area contributed by atoms with Crippen molar-refractivity contribution in [3.05, 3.63) is 90.5 Å². The number of aromatic amines is 1. The molecule has 8 nitrogen and oxygen atoms in total. The van der Waals surface area contributed by atoms with Gasteiger partial charge in [0.15, 0.2) is 0 Å². The second kappa shape index (κ2) is 7.78. The summed E-state index contributed by atoms with van der Waals surface area (Å²) in [4.78, 5) is 52.4. The van der Waals surface area contributed by atoms with Gasteiger partial charge in [0.05, 0.1) is 16.3 Å². The van der Waals surface area contributed by atoms with E-state index in [0.29, 0.717) is 4.57 Å². The fourth-order valence-electron chi connectivity index (χ4n) is 3.50. The maximum Gasteiger partial charge on any atom is 0.425 e. The molecule has 1 aliphatic rings. The number of rotatable bonds is 3. The lowest BCUT2D eigenvalue weighted by Crippen LogP contribution is -2.62. The molecule has 0 saturated heterocycles. The third-order valence-electron chi connectivity index (χ3n) is 4.99. The lowest BCUT2D eigenvalue weighted by atomic mass is 9.91. The van der Waals surface area contributed by atoms with Crippen molar-refractivity contribution >= 4 is 40.8 Å². The van der Waals surface area contributed by atoms with E-state index in [1.54, 1.807) is 10.3 Å². The quantitative estimate of drug-likeness (QED) is 0.515. The summed E-state index contributed by atoms with van der Waals surface area (Å²) < 4.78 is 43.9. The van der Waals surface area contributed by atoms with E-state index < -0.39 is 46.2 Å². The van der Waals surface area contributed by atoms with E-state index in [9.17, 15) is 32.3 Å². The van der Waals surface area contributed by atoms with Crippen LogP contribution in [0.4, 0.5) is 19.0 Å². The molecule has 1 aromatic heterocycles. The van der Waals surface area contributed by atoms with Crippen molar-refractivity contribution in [2.24, 2.45) is 0 Å². The van der Waals surface area contributed by atoms with Crippen LogP contribution < -0.4 is 21.9 Å². The standard InChI is InChI=1S/C20H11Cl2F3N4O4/c21-9-5-7-10(8-6-9)29-14-13(16(31)27-18(29)33)19(17(32)26-14,20(23,24)25)28-15(30)11-3-1-2-4-12(11)22/h1-8H,(H,26,32)(H,28,30)(H,27,31,33). The molecule has 2 amide bonds. The Bertz CT molecular complexity index is 1420. The Labute approximate surface area is 191 Å². The number of nitrogens with one attached hydrogen (secondary N) is 3. The molecule has 33 heavy (non-hydrogen) atoms. The minimum Gasteiger partial charge on any atom is -0.326 e. The van der Waals surface area contributed by atoms with Crippen LogP contribution in [0.1, 0.15) is 15.9 Å². The average Bonchev–Trinajstić information content (AvgIpc) is 3.02. The van der Waals surface area contributed by atoms with E-state index in [2.05, 4.69) is 0 Å². The van der Waals surface area contributed by atoms with Crippen molar-refractivity contribution in [1.29, 1.82) is 0 Å². The minimum absolute atomic E-state index is 0.00704. The molecule has 0 saturated carbocycles. The molecule has 0 spiro atoms. The van der Waals surface area contributed by atoms with Gasteiger partial charge in [0.1, 0.15) is 11.4 Å². The first-order valence-corrected chi connectivity index (χ1v) is 9.84. The van der Waals surface area contributed by atoms with Crippen LogP contribution in [-0.4, -0.2) is 27.5 Å². The SMILES string of the molecule is O=C(NC1(C(F)(F)F)C(=O)Nc2c1c(=O)[nH]c(=O)n2-c1ccc(Cl)cc1)c1ccccc1Cl. The van der Waals surface area contributed by atoms with E-state index in [0.717, 1.165) is 6.07 Å². The summed E-state index contributed by atoms with van der Waals surface area (Å²) >= 11 is 11.7. The number of anilines is 1. The van der Waals surface area contributed by atoms with E-state index in [1.165, 1.54) is 42.5 Å². The zero-order valence-corrected chi connectivity index (χ0v) is 17.6. The number of hydrogen-bond acceptors (Lipinski definition) is 4. The van der Waals surface area contributed by atoms with Crippen LogP contribution in [0.5, 0.6) is 0 Å². The predicted octanol–water partition coefficient (Wildman–Crippen LogP) is 2.97. The van der Waals surface area contributed by atoms with E-state index >= 15 is 0 Å². The van der Waals surface area contributed by atoms with Gasteiger partial charge in [-0.05, 0) is 36.4 Å². The Hall–Kier alpha value is -3.57. The molecule has 0 radical (unpaired) electrons. The molecule has 3 N–H and O–H groups in total. The lowest BCUT2D eigenvalue weighted by molar-refractivity contribution is -0.196. The summed E-state index contributed by atoms with van der Waals surface area (Å²) in [6, 6.07) is 10.5. The van der Waals surface area contributed by atoms with Crippen molar-refractivity contribution < 1.29 is 22.8 Å². The van der Waals surface area contributed by atoms with E-state index in [-0.39, 0.29) is 21.3 Å². The Kier molecular flexibility index (Phi) is 5.33. The largest absolute Gasteiger partial charge is 0.425 e. The van der Waals surface area contributed by atoms with Gasteiger partial charge in [0.25, 0.3) is 22.9 Å². The second-order valence-electron chi connectivity index (χ2n) is 6.93. The van der Waals surface area contributed by atoms with Crippen molar-refractivity contribution in [3.8, 4) is 5.69 Å². The van der Waals surface area contributed by atoms with Crippen LogP contribution in [0.25, 0.3) is 5.69 Å². The topological polar surface area (TPSA) is 113 Å². The second-order valence-corrected chi connectivity index (χ2v) is 7.77. The first kappa shape index (κ1) is 22.6. The highest BCUT2D eigenvalue weighted by molar-refractivity contribution is 6.34. The summed E-state index contributed by atoms with van der Waals surface area (Å²) in [7, 11) is 0. The van der Waals surface area contributed by atoms with E-state index in [1.807, 2.05) is 5.32 Å². The Morgan fingerprint density at radius 1 is 1.00 bits per heavy atom. The van der Waals surface area contributed by atoms with Gasteiger partial charge in [0.2, 0.25) is 0 Å². The maximum atomic E-state index is 14.4. The number of carbonyl (C=O) groups excluding carboxylic acids is 2.